The number of hydrogen-bond donors (Lipinski definition) is 1. The molecule has 1 aliphatic rings. The van der Waals surface area contributed by atoms with Gasteiger partial charge in [0.15, 0.2) is 0 Å². The molecular weight excluding hydrogens is 278 g/mol. The van der Waals surface area contributed by atoms with E-state index in [9.17, 15) is 0 Å². The van der Waals surface area contributed by atoms with Crippen LogP contribution >= 0.6 is 15.9 Å². The Morgan fingerprint density at radius 1 is 1.29 bits per heavy atom. The van der Waals surface area contributed by atoms with Crippen LogP contribution in [0.2, 0.25) is 0 Å². The molecule has 1 aromatic carbocycles. The molecule has 1 aliphatic carbocycles. The average molecular weight is 292 g/mol. The maximum absolute atomic E-state index is 4.57. The summed E-state index contributed by atoms with van der Waals surface area (Å²) in [6.45, 7) is 0.863. The topological polar surface area (TPSA) is 29.9 Å². The number of halogens is 1. The van der Waals surface area contributed by atoms with Crippen LogP contribution in [-0.2, 0) is 6.54 Å². The van der Waals surface area contributed by atoms with E-state index in [1.807, 2.05) is 29.1 Å². The van der Waals surface area contributed by atoms with Crippen LogP contribution in [0.15, 0.2) is 41.0 Å². The van der Waals surface area contributed by atoms with Crippen molar-refractivity contribution in [2.45, 2.75) is 25.4 Å². The normalized spacial score (nSPS) is 15.1. The Morgan fingerprint density at radius 2 is 2.12 bits per heavy atom. The highest BCUT2D eigenvalue weighted by Gasteiger charge is 2.20. The molecule has 0 bridgehead atoms. The molecule has 0 radical (unpaired) electrons. The van der Waals surface area contributed by atoms with Crippen LogP contribution in [0.25, 0.3) is 5.69 Å². The Bertz CT molecular complexity index is 517. The van der Waals surface area contributed by atoms with Gasteiger partial charge in [-0.3, -0.25) is 0 Å². The van der Waals surface area contributed by atoms with Crippen LogP contribution < -0.4 is 5.32 Å². The number of benzene rings is 1. The highest BCUT2D eigenvalue weighted by atomic mass is 79.9. The molecule has 1 fully saturated rings. The highest BCUT2D eigenvalue weighted by Crippen LogP contribution is 2.21. The van der Waals surface area contributed by atoms with E-state index in [4.69, 9.17) is 0 Å². The fourth-order valence-electron chi connectivity index (χ4n) is 1.76. The van der Waals surface area contributed by atoms with E-state index in [2.05, 4.69) is 38.5 Å². The van der Waals surface area contributed by atoms with Gasteiger partial charge in [0.05, 0.1) is 11.4 Å². The van der Waals surface area contributed by atoms with E-state index in [0.29, 0.717) is 0 Å². The van der Waals surface area contributed by atoms with Crippen molar-refractivity contribution >= 4 is 15.9 Å². The summed E-state index contributed by atoms with van der Waals surface area (Å²) >= 11 is 3.54. The number of aromatic nitrogens is 2. The highest BCUT2D eigenvalue weighted by molar-refractivity contribution is 9.10. The average Bonchev–Trinajstić information content (AvgIpc) is 3.06. The Kier molecular flexibility index (Phi) is 2.99. The molecule has 88 valence electrons. The summed E-state index contributed by atoms with van der Waals surface area (Å²) in [5, 5.41) is 8.03. The summed E-state index contributed by atoms with van der Waals surface area (Å²) in [6.07, 6.45) is 4.62. The van der Waals surface area contributed by atoms with E-state index >= 15 is 0 Å². The van der Waals surface area contributed by atoms with Crippen LogP contribution in [0.4, 0.5) is 0 Å². The molecule has 1 N–H and O–H groups in total. The van der Waals surface area contributed by atoms with Gasteiger partial charge in [0, 0.05) is 23.3 Å². The third-order valence-electron chi connectivity index (χ3n) is 2.89. The number of hydrogen-bond acceptors (Lipinski definition) is 2. The number of para-hydroxylation sites is 1. The van der Waals surface area contributed by atoms with E-state index < -0.39 is 0 Å². The zero-order chi connectivity index (χ0) is 11.7. The van der Waals surface area contributed by atoms with Gasteiger partial charge in [-0.25, -0.2) is 4.68 Å². The molecule has 0 atom stereocenters. The molecule has 1 heterocycles. The monoisotopic (exact) mass is 291 g/mol. The van der Waals surface area contributed by atoms with Crippen molar-refractivity contribution in [3.05, 3.63) is 46.7 Å². The van der Waals surface area contributed by atoms with Crippen molar-refractivity contribution in [1.29, 1.82) is 0 Å². The molecule has 0 amide bonds. The second-order valence-electron chi connectivity index (χ2n) is 4.36. The second-order valence-corrected chi connectivity index (χ2v) is 5.21. The lowest BCUT2D eigenvalue weighted by molar-refractivity contribution is 0.664. The van der Waals surface area contributed by atoms with Gasteiger partial charge >= 0.3 is 0 Å². The molecule has 0 aliphatic heterocycles. The van der Waals surface area contributed by atoms with Gasteiger partial charge in [0.25, 0.3) is 0 Å². The molecule has 0 saturated heterocycles. The van der Waals surface area contributed by atoms with Crippen LogP contribution in [0.1, 0.15) is 18.5 Å². The minimum Gasteiger partial charge on any atom is -0.308 e. The zero-order valence-electron chi connectivity index (χ0n) is 9.44. The standard InChI is InChI=1S/C13H14BrN3/c14-12-3-1-2-4-13(12)17-8-7-11(16-17)9-15-10-5-6-10/h1-4,7-8,10,15H,5-6,9H2. The maximum Gasteiger partial charge on any atom is 0.0787 e. The van der Waals surface area contributed by atoms with Gasteiger partial charge in [-0.1, -0.05) is 12.1 Å². The quantitative estimate of drug-likeness (QED) is 0.939. The van der Waals surface area contributed by atoms with Gasteiger partial charge in [-0.15, -0.1) is 0 Å². The molecule has 0 spiro atoms. The van der Waals surface area contributed by atoms with Crippen molar-refractivity contribution in [2.24, 2.45) is 0 Å². The predicted octanol–water partition coefficient (Wildman–Crippen LogP) is 2.89. The van der Waals surface area contributed by atoms with Gasteiger partial charge in [0.2, 0.25) is 0 Å². The van der Waals surface area contributed by atoms with Gasteiger partial charge in [0.1, 0.15) is 0 Å². The maximum atomic E-state index is 4.57. The van der Waals surface area contributed by atoms with Crippen molar-refractivity contribution in [1.82, 2.24) is 15.1 Å². The summed E-state index contributed by atoms with van der Waals surface area (Å²) in [5.41, 5.74) is 2.16. The fourth-order valence-corrected chi connectivity index (χ4v) is 2.23. The minimum absolute atomic E-state index is 0.726. The lowest BCUT2D eigenvalue weighted by Gasteiger charge is -2.03. The van der Waals surface area contributed by atoms with E-state index in [1.54, 1.807) is 0 Å². The van der Waals surface area contributed by atoms with Crippen molar-refractivity contribution in [3.8, 4) is 5.69 Å². The fraction of sp³-hybridized carbons (Fsp3) is 0.308. The van der Waals surface area contributed by atoms with Gasteiger partial charge in [-0.05, 0) is 47.0 Å². The summed E-state index contributed by atoms with van der Waals surface area (Å²) in [7, 11) is 0. The van der Waals surface area contributed by atoms with Crippen LogP contribution in [0.5, 0.6) is 0 Å². The first-order valence-corrected chi connectivity index (χ1v) is 6.65. The van der Waals surface area contributed by atoms with Crippen LogP contribution in [-0.4, -0.2) is 15.8 Å². The molecule has 0 unspecified atom stereocenters. The largest absolute Gasteiger partial charge is 0.308 e. The number of nitrogens with one attached hydrogen (secondary N) is 1. The van der Waals surface area contributed by atoms with Crippen molar-refractivity contribution < 1.29 is 0 Å². The van der Waals surface area contributed by atoms with Crippen LogP contribution in [0, 0.1) is 0 Å². The predicted molar refractivity (Wildman–Crippen MR) is 71.1 cm³/mol. The zero-order valence-corrected chi connectivity index (χ0v) is 11.0. The van der Waals surface area contributed by atoms with Gasteiger partial charge < -0.3 is 5.32 Å². The molecule has 1 saturated carbocycles. The molecule has 1 aromatic heterocycles. The summed E-state index contributed by atoms with van der Waals surface area (Å²) < 4.78 is 2.97. The summed E-state index contributed by atoms with van der Waals surface area (Å²) in [4.78, 5) is 0. The first-order chi connectivity index (χ1) is 8.33. The third-order valence-corrected chi connectivity index (χ3v) is 3.56. The molecular formula is C13H14BrN3. The molecule has 3 rings (SSSR count). The number of nitrogens with zero attached hydrogens (tertiary/aromatic N) is 2. The third kappa shape index (κ3) is 2.58. The Hall–Kier alpha value is -1.13. The first-order valence-electron chi connectivity index (χ1n) is 5.86. The van der Waals surface area contributed by atoms with Crippen molar-refractivity contribution in [3.63, 3.8) is 0 Å². The lowest BCUT2D eigenvalue weighted by atomic mass is 10.3. The summed E-state index contributed by atoms with van der Waals surface area (Å²) in [6, 6.07) is 10.9. The smallest absolute Gasteiger partial charge is 0.0787 e. The van der Waals surface area contributed by atoms with E-state index in [-0.39, 0.29) is 0 Å². The van der Waals surface area contributed by atoms with Crippen LogP contribution in [0.3, 0.4) is 0 Å². The Labute approximate surface area is 109 Å². The first kappa shape index (κ1) is 11.0. The second kappa shape index (κ2) is 4.63. The lowest BCUT2D eigenvalue weighted by Crippen LogP contribution is -2.15. The molecule has 2 aromatic rings. The Balaban J connectivity index is 1.77. The van der Waals surface area contributed by atoms with Gasteiger partial charge in [-0.2, -0.15) is 5.10 Å². The molecule has 3 nitrogen and oxygen atoms in total. The van der Waals surface area contributed by atoms with E-state index in [1.165, 1.54) is 12.8 Å². The van der Waals surface area contributed by atoms with Crippen molar-refractivity contribution in [2.75, 3.05) is 0 Å². The van der Waals surface area contributed by atoms with E-state index in [0.717, 1.165) is 28.4 Å². The molecule has 4 heteroatoms. The molecule has 17 heavy (non-hydrogen) atoms. The Morgan fingerprint density at radius 3 is 2.88 bits per heavy atom. The minimum atomic E-state index is 0.726. The SMILES string of the molecule is Brc1ccccc1-n1ccc(CNC2CC2)n1. The summed E-state index contributed by atoms with van der Waals surface area (Å²) in [5.74, 6) is 0. The number of rotatable bonds is 4.